The maximum atomic E-state index is 12.8. The molecule has 4 nitrogen and oxygen atoms in total. The van der Waals surface area contributed by atoms with Crippen molar-refractivity contribution in [2.45, 2.75) is 57.0 Å². The molecule has 1 amide bonds. The first kappa shape index (κ1) is 12.4. The van der Waals surface area contributed by atoms with E-state index in [1.165, 1.54) is 5.56 Å². The first-order valence-electron chi connectivity index (χ1n) is 7.50. The van der Waals surface area contributed by atoms with Gasteiger partial charge in [0.2, 0.25) is 0 Å². The lowest BCUT2D eigenvalue weighted by Gasteiger charge is -2.37. The number of amides is 1. The van der Waals surface area contributed by atoms with Crippen LogP contribution in [0.25, 0.3) is 0 Å². The van der Waals surface area contributed by atoms with Crippen LogP contribution in [0, 0.1) is 0 Å². The van der Waals surface area contributed by atoms with Gasteiger partial charge in [-0.1, -0.05) is 6.07 Å². The molecule has 20 heavy (non-hydrogen) atoms. The number of nitrogens with two attached hydrogens (primary N) is 1. The van der Waals surface area contributed by atoms with Crippen molar-refractivity contribution in [2.75, 3.05) is 0 Å². The van der Waals surface area contributed by atoms with Crippen molar-refractivity contribution >= 4 is 5.91 Å². The van der Waals surface area contributed by atoms with E-state index in [0.717, 1.165) is 36.8 Å². The lowest BCUT2D eigenvalue weighted by Crippen LogP contribution is -2.50. The summed E-state index contributed by atoms with van der Waals surface area (Å²) in [5.41, 5.74) is 9.26. The van der Waals surface area contributed by atoms with Crippen LogP contribution in [0.15, 0.2) is 18.2 Å². The summed E-state index contributed by atoms with van der Waals surface area (Å²) in [6.45, 7) is 1.31. The predicted octanol–water partition coefficient (Wildman–Crippen LogP) is 1.81. The lowest BCUT2D eigenvalue weighted by atomic mass is 9.96. The van der Waals surface area contributed by atoms with Gasteiger partial charge in [0.25, 0.3) is 5.91 Å². The summed E-state index contributed by atoms with van der Waals surface area (Å²) in [5.74, 6) is 0.180. The van der Waals surface area contributed by atoms with E-state index in [1.807, 2.05) is 18.2 Å². The number of carbonyl (C=O) groups excluding carboxylic acids is 1. The molecule has 4 rings (SSSR count). The number of piperidine rings is 1. The molecule has 2 atom stereocenters. The number of hydrogen-bond donors (Lipinski definition) is 1. The third-order valence-corrected chi connectivity index (χ3v) is 4.97. The Balaban J connectivity index is 1.61. The van der Waals surface area contributed by atoms with Crippen LogP contribution in [-0.2, 0) is 18.0 Å². The Labute approximate surface area is 118 Å². The van der Waals surface area contributed by atoms with Gasteiger partial charge in [0, 0.05) is 23.7 Å². The average Bonchev–Trinajstić information content (AvgIpc) is 3.00. The van der Waals surface area contributed by atoms with Gasteiger partial charge in [-0.15, -0.1) is 0 Å². The molecular formula is C16H20N2O2. The molecule has 3 aliphatic heterocycles. The van der Waals surface area contributed by atoms with E-state index in [1.54, 1.807) is 0 Å². The highest BCUT2D eigenvalue weighted by atomic mass is 16.5. The third-order valence-electron chi connectivity index (χ3n) is 4.97. The van der Waals surface area contributed by atoms with Crippen LogP contribution in [0.2, 0.25) is 0 Å². The number of nitrogens with zero attached hydrogens (tertiary/aromatic N) is 1. The van der Waals surface area contributed by atoms with Crippen LogP contribution in [0.3, 0.4) is 0 Å². The minimum atomic E-state index is 0.180. The summed E-state index contributed by atoms with van der Waals surface area (Å²) >= 11 is 0. The zero-order chi connectivity index (χ0) is 13.7. The first-order valence-corrected chi connectivity index (χ1v) is 7.50. The molecule has 0 saturated carbocycles. The van der Waals surface area contributed by atoms with Gasteiger partial charge in [0.05, 0.1) is 13.2 Å². The molecule has 3 aliphatic rings. The summed E-state index contributed by atoms with van der Waals surface area (Å²) in [7, 11) is 0. The fourth-order valence-electron chi connectivity index (χ4n) is 4.00. The molecular weight excluding hydrogens is 252 g/mol. The molecule has 2 saturated heterocycles. The van der Waals surface area contributed by atoms with Crippen molar-refractivity contribution in [2.24, 2.45) is 5.73 Å². The summed E-state index contributed by atoms with van der Waals surface area (Å²) in [6.07, 6.45) is 4.13. The average molecular weight is 272 g/mol. The van der Waals surface area contributed by atoms with Gasteiger partial charge in [0.1, 0.15) is 0 Å². The zero-order valence-corrected chi connectivity index (χ0v) is 11.5. The van der Waals surface area contributed by atoms with Crippen molar-refractivity contribution in [3.05, 3.63) is 34.9 Å². The second kappa shape index (κ2) is 4.57. The molecule has 0 spiro atoms. The van der Waals surface area contributed by atoms with E-state index in [4.69, 9.17) is 10.5 Å². The number of ether oxygens (including phenoxy) is 1. The molecule has 4 heteroatoms. The minimum Gasteiger partial charge on any atom is -0.372 e. The van der Waals surface area contributed by atoms with Crippen LogP contribution >= 0.6 is 0 Å². The number of rotatable bonds is 1. The van der Waals surface area contributed by atoms with Crippen LogP contribution in [0.5, 0.6) is 0 Å². The normalized spacial score (nSPS) is 31.4. The van der Waals surface area contributed by atoms with Crippen LogP contribution in [0.4, 0.5) is 0 Å². The highest BCUT2D eigenvalue weighted by Crippen LogP contribution is 2.36. The van der Waals surface area contributed by atoms with E-state index in [0.29, 0.717) is 25.3 Å². The van der Waals surface area contributed by atoms with Gasteiger partial charge < -0.3 is 15.4 Å². The number of hydrogen-bond acceptors (Lipinski definition) is 3. The van der Waals surface area contributed by atoms with E-state index >= 15 is 0 Å². The largest absolute Gasteiger partial charge is 0.372 e. The molecule has 2 N–H and O–H groups in total. The second-order valence-electron chi connectivity index (χ2n) is 6.31. The number of fused-ring (bicyclic) bond motifs is 3. The predicted molar refractivity (Wildman–Crippen MR) is 75.1 cm³/mol. The molecule has 0 aliphatic carbocycles. The molecule has 1 aromatic rings. The molecule has 1 aromatic carbocycles. The molecule has 2 bridgehead atoms. The van der Waals surface area contributed by atoms with Crippen molar-refractivity contribution < 1.29 is 9.53 Å². The van der Waals surface area contributed by atoms with Crippen molar-refractivity contribution in [1.29, 1.82) is 0 Å². The van der Waals surface area contributed by atoms with Crippen molar-refractivity contribution in [3.63, 3.8) is 0 Å². The summed E-state index contributed by atoms with van der Waals surface area (Å²) in [6, 6.07) is 6.96. The van der Waals surface area contributed by atoms with Gasteiger partial charge in [-0.25, -0.2) is 0 Å². The van der Waals surface area contributed by atoms with E-state index in [9.17, 15) is 4.79 Å². The maximum Gasteiger partial charge on any atom is 0.254 e. The van der Waals surface area contributed by atoms with Gasteiger partial charge in [-0.2, -0.15) is 0 Å². The Hall–Kier alpha value is -1.39. The minimum absolute atomic E-state index is 0.180. The third kappa shape index (κ3) is 1.86. The molecule has 0 aromatic heterocycles. The van der Waals surface area contributed by atoms with Gasteiger partial charge in [0.15, 0.2) is 0 Å². The smallest absolute Gasteiger partial charge is 0.254 e. The Bertz CT molecular complexity index is 543. The Kier molecular flexibility index (Phi) is 2.82. The summed E-state index contributed by atoms with van der Waals surface area (Å²) in [4.78, 5) is 14.9. The molecule has 0 radical (unpaired) electrons. The first-order chi connectivity index (χ1) is 9.72. The zero-order valence-electron chi connectivity index (χ0n) is 11.5. The highest BCUT2D eigenvalue weighted by molar-refractivity contribution is 5.95. The topological polar surface area (TPSA) is 55.6 Å². The fourth-order valence-corrected chi connectivity index (χ4v) is 4.00. The SMILES string of the molecule is NC1CC2CCC(C1)N2C(=O)c1ccc2c(c1)COC2. The summed E-state index contributed by atoms with van der Waals surface area (Å²) < 4.78 is 5.42. The molecule has 106 valence electrons. The van der Waals surface area contributed by atoms with Crippen molar-refractivity contribution in [1.82, 2.24) is 4.90 Å². The molecule has 3 heterocycles. The Morgan fingerprint density at radius 2 is 1.85 bits per heavy atom. The van der Waals surface area contributed by atoms with Crippen molar-refractivity contribution in [3.8, 4) is 0 Å². The van der Waals surface area contributed by atoms with Crippen LogP contribution in [-0.4, -0.2) is 28.9 Å². The quantitative estimate of drug-likeness (QED) is 0.848. The van der Waals surface area contributed by atoms with E-state index in [2.05, 4.69) is 4.90 Å². The van der Waals surface area contributed by atoms with Gasteiger partial charge in [-0.05, 0) is 48.9 Å². The molecule has 2 unspecified atom stereocenters. The van der Waals surface area contributed by atoms with E-state index < -0.39 is 0 Å². The standard InChI is InChI=1S/C16H20N2O2/c17-13-6-14-3-4-15(7-13)18(14)16(19)10-1-2-11-8-20-9-12(11)5-10/h1-2,5,13-15H,3-4,6-9,17H2. The lowest BCUT2D eigenvalue weighted by molar-refractivity contribution is 0.0575. The Morgan fingerprint density at radius 1 is 1.15 bits per heavy atom. The summed E-state index contributed by atoms with van der Waals surface area (Å²) in [5, 5.41) is 0. The second-order valence-corrected chi connectivity index (χ2v) is 6.31. The monoisotopic (exact) mass is 272 g/mol. The Morgan fingerprint density at radius 3 is 2.60 bits per heavy atom. The number of benzene rings is 1. The maximum absolute atomic E-state index is 12.8. The van der Waals surface area contributed by atoms with Crippen LogP contribution < -0.4 is 5.73 Å². The fraction of sp³-hybridized carbons (Fsp3) is 0.562. The number of carbonyl (C=O) groups is 1. The van der Waals surface area contributed by atoms with Gasteiger partial charge in [-0.3, -0.25) is 4.79 Å². The van der Waals surface area contributed by atoms with E-state index in [-0.39, 0.29) is 11.9 Å². The highest BCUT2D eigenvalue weighted by Gasteiger charge is 2.42. The molecule has 2 fully saturated rings. The van der Waals surface area contributed by atoms with Crippen LogP contribution in [0.1, 0.15) is 47.2 Å². The van der Waals surface area contributed by atoms with Gasteiger partial charge >= 0.3 is 0 Å².